The molecule has 0 unspecified atom stereocenters. The Bertz CT molecular complexity index is 761. The molecule has 1 saturated carbocycles. The predicted octanol–water partition coefficient (Wildman–Crippen LogP) is 2.02. The average Bonchev–Trinajstić information content (AvgIpc) is 3.29. The zero-order chi connectivity index (χ0) is 17.4. The van der Waals surface area contributed by atoms with Gasteiger partial charge in [0.2, 0.25) is 0 Å². The number of likely N-dealkylation sites (tertiary alicyclic amines) is 1. The Hall–Kier alpha value is -2.18. The van der Waals surface area contributed by atoms with Gasteiger partial charge in [-0.05, 0) is 49.9 Å². The third-order valence-corrected chi connectivity index (χ3v) is 5.68. The van der Waals surface area contributed by atoms with Crippen molar-refractivity contribution >= 4 is 5.91 Å². The number of benzene rings is 1. The van der Waals surface area contributed by atoms with E-state index in [1.165, 1.54) is 0 Å². The van der Waals surface area contributed by atoms with Crippen molar-refractivity contribution in [1.82, 2.24) is 14.7 Å². The van der Waals surface area contributed by atoms with Gasteiger partial charge in [-0.2, -0.15) is 5.10 Å². The fourth-order valence-electron chi connectivity index (χ4n) is 4.29. The molecule has 0 bridgehead atoms. The highest BCUT2D eigenvalue weighted by Crippen LogP contribution is 2.42. The van der Waals surface area contributed by atoms with Crippen LogP contribution in [-0.2, 0) is 4.74 Å². The molecule has 6 heteroatoms. The number of fused-ring (bicyclic) bond motifs is 1. The summed E-state index contributed by atoms with van der Waals surface area (Å²) in [7, 11) is 1.72. The van der Waals surface area contributed by atoms with Crippen LogP contribution in [0.3, 0.4) is 0 Å². The van der Waals surface area contributed by atoms with Crippen molar-refractivity contribution in [3.05, 3.63) is 48.3 Å². The van der Waals surface area contributed by atoms with Crippen LogP contribution in [0.1, 0.15) is 36.0 Å². The predicted molar refractivity (Wildman–Crippen MR) is 92.6 cm³/mol. The van der Waals surface area contributed by atoms with Crippen LogP contribution in [0, 0.1) is 0 Å². The van der Waals surface area contributed by atoms with Gasteiger partial charge in [0, 0.05) is 31.6 Å². The van der Waals surface area contributed by atoms with Gasteiger partial charge in [-0.25, -0.2) is 4.68 Å². The highest BCUT2D eigenvalue weighted by atomic mass is 16.5. The topological polar surface area (TPSA) is 67.6 Å². The summed E-state index contributed by atoms with van der Waals surface area (Å²) in [5.74, 6) is -0.00738. The van der Waals surface area contributed by atoms with E-state index in [9.17, 15) is 9.90 Å². The van der Waals surface area contributed by atoms with Gasteiger partial charge in [-0.3, -0.25) is 4.79 Å². The van der Waals surface area contributed by atoms with Crippen LogP contribution in [0.15, 0.2) is 42.7 Å². The maximum atomic E-state index is 13.1. The van der Waals surface area contributed by atoms with Gasteiger partial charge in [-0.15, -0.1) is 0 Å². The number of hydrogen-bond donors (Lipinski definition) is 1. The lowest BCUT2D eigenvalue weighted by atomic mass is 9.79. The summed E-state index contributed by atoms with van der Waals surface area (Å²) < 4.78 is 7.57. The monoisotopic (exact) mass is 341 g/mol. The van der Waals surface area contributed by atoms with Crippen molar-refractivity contribution in [2.45, 2.75) is 43.4 Å². The number of aliphatic hydroxyl groups is 1. The van der Waals surface area contributed by atoms with Crippen molar-refractivity contribution in [3.8, 4) is 5.69 Å². The fraction of sp³-hybridized carbons (Fsp3) is 0.474. The van der Waals surface area contributed by atoms with Gasteiger partial charge in [0.1, 0.15) is 0 Å². The lowest BCUT2D eigenvalue weighted by molar-refractivity contribution is -0.0824. The Morgan fingerprint density at radius 3 is 3.00 bits per heavy atom. The molecule has 4 rings (SSSR count). The van der Waals surface area contributed by atoms with Gasteiger partial charge in [0.15, 0.2) is 0 Å². The van der Waals surface area contributed by atoms with E-state index in [1.807, 2.05) is 41.4 Å². The number of methoxy groups -OCH3 is 1. The van der Waals surface area contributed by atoms with Gasteiger partial charge < -0.3 is 14.7 Å². The van der Waals surface area contributed by atoms with Gasteiger partial charge in [-0.1, -0.05) is 6.07 Å². The van der Waals surface area contributed by atoms with E-state index in [2.05, 4.69) is 5.10 Å². The minimum atomic E-state index is -0.364. The summed E-state index contributed by atoms with van der Waals surface area (Å²) in [6.07, 6.45) is 6.15. The molecule has 1 aliphatic heterocycles. The SMILES string of the molecule is CO[C@@]12CC[C@@H](O)C[C@@H]1N(C(=O)c1cccc(-n3cccn3)c1)CC2. The second kappa shape index (κ2) is 6.28. The molecule has 1 aliphatic carbocycles. The number of nitrogens with zero attached hydrogens (tertiary/aromatic N) is 3. The van der Waals surface area contributed by atoms with Crippen LogP contribution < -0.4 is 0 Å². The fourth-order valence-corrected chi connectivity index (χ4v) is 4.29. The molecule has 2 fully saturated rings. The normalized spacial score (nSPS) is 28.8. The van der Waals surface area contributed by atoms with Gasteiger partial charge in [0.25, 0.3) is 5.91 Å². The van der Waals surface area contributed by atoms with E-state index in [1.54, 1.807) is 18.0 Å². The first kappa shape index (κ1) is 16.3. The van der Waals surface area contributed by atoms with Crippen LogP contribution in [0.5, 0.6) is 0 Å². The zero-order valence-corrected chi connectivity index (χ0v) is 14.3. The summed E-state index contributed by atoms with van der Waals surface area (Å²) in [5, 5.41) is 14.3. The minimum absolute atomic E-state index is 0.00738. The van der Waals surface area contributed by atoms with E-state index in [0.717, 1.165) is 24.9 Å². The average molecular weight is 341 g/mol. The molecule has 1 saturated heterocycles. The maximum absolute atomic E-state index is 13.1. The number of ether oxygens (including phenoxy) is 1. The first-order chi connectivity index (χ1) is 12.1. The lowest BCUT2D eigenvalue weighted by Crippen LogP contribution is -2.52. The Balaban J connectivity index is 1.62. The molecule has 0 spiro atoms. The number of rotatable bonds is 3. The molecule has 3 atom stereocenters. The number of carbonyl (C=O) groups excluding carboxylic acids is 1. The summed E-state index contributed by atoms with van der Waals surface area (Å²) >= 11 is 0. The van der Waals surface area contributed by atoms with Crippen molar-refractivity contribution in [2.75, 3.05) is 13.7 Å². The van der Waals surface area contributed by atoms with E-state index in [-0.39, 0.29) is 23.7 Å². The van der Waals surface area contributed by atoms with Crippen molar-refractivity contribution < 1.29 is 14.6 Å². The van der Waals surface area contributed by atoms with Crippen LogP contribution in [0.4, 0.5) is 0 Å². The molecule has 2 aliphatic rings. The minimum Gasteiger partial charge on any atom is -0.393 e. The van der Waals surface area contributed by atoms with Crippen LogP contribution in [-0.4, -0.2) is 57.1 Å². The molecular formula is C19H23N3O3. The van der Waals surface area contributed by atoms with Gasteiger partial charge >= 0.3 is 0 Å². The molecule has 0 radical (unpaired) electrons. The van der Waals surface area contributed by atoms with Crippen molar-refractivity contribution in [3.63, 3.8) is 0 Å². The van der Waals surface area contributed by atoms with Crippen molar-refractivity contribution in [2.24, 2.45) is 0 Å². The summed E-state index contributed by atoms with van der Waals surface area (Å²) in [6, 6.07) is 9.28. The lowest BCUT2D eigenvalue weighted by Gasteiger charge is -2.42. The summed E-state index contributed by atoms with van der Waals surface area (Å²) in [5.41, 5.74) is 1.19. The second-order valence-corrected chi connectivity index (χ2v) is 6.96. The highest BCUT2D eigenvalue weighted by molar-refractivity contribution is 5.95. The molecular weight excluding hydrogens is 318 g/mol. The summed E-state index contributed by atoms with van der Waals surface area (Å²) in [6.45, 7) is 0.663. The maximum Gasteiger partial charge on any atom is 0.254 e. The first-order valence-electron chi connectivity index (χ1n) is 8.77. The van der Waals surface area contributed by atoms with Crippen molar-refractivity contribution in [1.29, 1.82) is 0 Å². The zero-order valence-electron chi connectivity index (χ0n) is 14.3. The van der Waals surface area contributed by atoms with Crippen LogP contribution in [0.25, 0.3) is 5.69 Å². The third kappa shape index (κ3) is 2.75. The quantitative estimate of drug-likeness (QED) is 0.927. The first-order valence-corrected chi connectivity index (χ1v) is 8.77. The van der Waals surface area contributed by atoms with E-state index in [0.29, 0.717) is 18.5 Å². The number of carbonyl (C=O) groups is 1. The smallest absolute Gasteiger partial charge is 0.254 e. The number of aliphatic hydroxyl groups excluding tert-OH is 1. The van der Waals surface area contributed by atoms with Gasteiger partial charge in [0.05, 0.1) is 23.4 Å². The molecule has 25 heavy (non-hydrogen) atoms. The summed E-state index contributed by atoms with van der Waals surface area (Å²) in [4.78, 5) is 15.0. The number of hydrogen-bond acceptors (Lipinski definition) is 4. The Morgan fingerprint density at radius 2 is 2.24 bits per heavy atom. The molecule has 1 aromatic carbocycles. The molecule has 2 heterocycles. The molecule has 2 aromatic rings. The molecule has 1 N–H and O–H groups in total. The van der Waals surface area contributed by atoms with Crippen LogP contribution >= 0.6 is 0 Å². The Labute approximate surface area is 147 Å². The standard InChI is InChI=1S/C19H23N3O3/c1-25-19-7-6-16(23)13-17(19)21(11-8-19)18(24)14-4-2-5-15(12-14)22-10-3-9-20-22/h2-5,9-10,12,16-17,23H,6-8,11,13H2,1H3/t16-,17+,19-/m1/s1. The molecule has 1 aromatic heterocycles. The number of amides is 1. The Morgan fingerprint density at radius 1 is 1.36 bits per heavy atom. The molecule has 132 valence electrons. The largest absolute Gasteiger partial charge is 0.393 e. The molecule has 1 amide bonds. The van der Waals surface area contributed by atoms with E-state index >= 15 is 0 Å². The third-order valence-electron chi connectivity index (χ3n) is 5.68. The van der Waals surface area contributed by atoms with Crippen LogP contribution in [0.2, 0.25) is 0 Å². The van der Waals surface area contributed by atoms with E-state index in [4.69, 9.17) is 4.74 Å². The molecule has 6 nitrogen and oxygen atoms in total. The number of aromatic nitrogens is 2. The van der Waals surface area contributed by atoms with E-state index < -0.39 is 0 Å². The Kier molecular flexibility index (Phi) is 4.09. The second-order valence-electron chi connectivity index (χ2n) is 6.96. The highest BCUT2D eigenvalue weighted by Gasteiger charge is 2.52.